The fourth-order valence-electron chi connectivity index (χ4n) is 1.87. The Hall–Kier alpha value is -0.760. The van der Waals surface area contributed by atoms with Gasteiger partial charge in [0.2, 0.25) is 0 Å². The minimum Gasteiger partial charge on any atom is -0.394 e. The Balaban J connectivity index is 0. The van der Waals surface area contributed by atoms with Crippen molar-refractivity contribution in [1.29, 1.82) is 0 Å². The standard InChI is InChI=1S/C15H28O3.C3H8O3/c1-6-15(5,18)9-7-8-12(2)10-13(16)11-14(3,4)17;4-1-3(6)2-5/h6,8,13,16-18H,1,7,9-11H2,2-5H3;3-6H,1-2H2. The molecule has 0 amide bonds. The van der Waals surface area contributed by atoms with Crippen molar-refractivity contribution in [2.45, 2.75) is 76.8 Å². The molecule has 6 heteroatoms. The molecule has 0 aliphatic carbocycles. The zero-order chi connectivity index (χ0) is 19.4. The van der Waals surface area contributed by atoms with E-state index in [0.29, 0.717) is 19.3 Å². The molecule has 24 heavy (non-hydrogen) atoms. The van der Waals surface area contributed by atoms with Crippen LogP contribution in [-0.2, 0) is 0 Å². The molecule has 2 atom stereocenters. The van der Waals surface area contributed by atoms with Crippen LogP contribution in [0.4, 0.5) is 0 Å². The molecule has 0 aromatic heterocycles. The first kappa shape index (κ1) is 25.5. The maximum absolute atomic E-state index is 9.79. The summed E-state index contributed by atoms with van der Waals surface area (Å²) < 4.78 is 0. The van der Waals surface area contributed by atoms with E-state index >= 15 is 0 Å². The van der Waals surface area contributed by atoms with E-state index in [2.05, 4.69) is 6.58 Å². The highest BCUT2D eigenvalue weighted by molar-refractivity contribution is 5.02. The second kappa shape index (κ2) is 12.6. The van der Waals surface area contributed by atoms with Gasteiger partial charge in [-0.2, -0.15) is 0 Å². The molecule has 0 bridgehead atoms. The Kier molecular flexibility index (Phi) is 13.4. The Morgan fingerprint density at radius 2 is 1.54 bits per heavy atom. The van der Waals surface area contributed by atoms with E-state index in [-0.39, 0.29) is 13.2 Å². The molecule has 0 aliphatic rings. The number of aliphatic hydroxyl groups excluding tert-OH is 4. The third kappa shape index (κ3) is 17.6. The molecule has 0 spiro atoms. The zero-order valence-electron chi connectivity index (χ0n) is 15.4. The number of hydrogen-bond acceptors (Lipinski definition) is 6. The molecule has 0 fully saturated rings. The molecule has 6 N–H and O–H groups in total. The molecule has 0 aliphatic heterocycles. The largest absolute Gasteiger partial charge is 0.394 e. The van der Waals surface area contributed by atoms with Crippen LogP contribution in [0.3, 0.4) is 0 Å². The molecule has 144 valence electrons. The van der Waals surface area contributed by atoms with Gasteiger partial charge in [0, 0.05) is 6.42 Å². The van der Waals surface area contributed by atoms with Gasteiger partial charge in [0.15, 0.2) is 0 Å². The monoisotopic (exact) mass is 348 g/mol. The highest BCUT2D eigenvalue weighted by Crippen LogP contribution is 2.18. The van der Waals surface area contributed by atoms with Crippen LogP contribution >= 0.6 is 0 Å². The zero-order valence-corrected chi connectivity index (χ0v) is 15.4. The van der Waals surface area contributed by atoms with E-state index in [1.54, 1.807) is 26.8 Å². The summed E-state index contributed by atoms with van der Waals surface area (Å²) in [5.74, 6) is 0. The predicted molar refractivity (Wildman–Crippen MR) is 95.5 cm³/mol. The van der Waals surface area contributed by atoms with Crippen LogP contribution < -0.4 is 0 Å². The number of allylic oxidation sites excluding steroid dienone is 1. The molecule has 0 rings (SSSR count). The van der Waals surface area contributed by atoms with E-state index in [9.17, 15) is 15.3 Å². The molecule has 0 saturated carbocycles. The SMILES string of the molecule is C=CC(C)(O)CCC=C(C)CC(O)CC(C)(C)O.OCC(O)CO. The molecule has 0 radical (unpaired) electrons. The Morgan fingerprint density at radius 3 is 1.88 bits per heavy atom. The number of hydrogen-bond donors (Lipinski definition) is 6. The average molecular weight is 348 g/mol. The van der Waals surface area contributed by atoms with E-state index in [0.717, 1.165) is 12.0 Å². The summed E-state index contributed by atoms with van der Waals surface area (Å²) in [6.45, 7) is 9.92. The topological polar surface area (TPSA) is 121 Å². The lowest BCUT2D eigenvalue weighted by molar-refractivity contribution is 0.0189. The molecule has 6 nitrogen and oxygen atoms in total. The summed E-state index contributed by atoms with van der Waals surface area (Å²) in [7, 11) is 0. The summed E-state index contributed by atoms with van der Waals surface area (Å²) in [6.07, 6.45) is 4.37. The van der Waals surface area contributed by atoms with E-state index in [1.165, 1.54) is 0 Å². The average Bonchev–Trinajstić information content (AvgIpc) is 2.44. The van der Waals surface area contributed by atoms with Gasteiger partial charge in [0.1, 0.15) is 6.10 Å². The third-order valence-electron chi connectivity index (χ3n) is 3.30. The molecular formula is C18H36O6. The lowest BCUT2D eigenvalue weighted by Crippen LogP contribution is -2.26. The number of rotatable bonds is 10. The van der Waals surface area contributed by atoms with Gasteiger partial charge in [-0.15, -0.1) is 6.58 Å². The van der Waals surface area contributed by atoms with Crippen molar-refractivity contribution >= 4 is 0 Å². The van der Waals surface area contributed by atoms with Crippen molar-refractivity contribution in [2.75, 3.05) is 13.2 Å². The highest BCUT2D eigenvalue weighted by atomic mass is 16.3. The fraction of sp³-hybridized carbons (Fsp3) is 0.778. The van der Waals surface area contributed by atoms with E-state index in [4.69, 9.17) is 15.3 Å². The van der Waals surface area contributed by atoms with Crippen molar-refractivity contribution in [3.63, 3.8) is 0 Å². The summed E-state index contributed by atoms with van der Waals surface area (Å²) >= 11 is 0. The summed E-state index contributed by atoms with van der Waals surface area (Å²) in [5, 5.41) is 53.1. The first-order valence-corrected chi connectivity index (χ1v) is 8.18. The van der Waals surface area contributed by atoms with Crippen LogP contribution in [0.5, 0.6) is 0 Å². The quantitative estimate of drug-likeness (QED) is 0.326. The van der Waals surface area contributed by atoms with Gasteiger partial charge in [-0.3, -0.25) is 0 Å². The van der Waals surface area contributed by atoms with Gasteiger partial charge in [0.05, 0.1) is 30.5 Å². The minimum atomic E-state index is -0.954. The van der Waals surface area contributed by atoms with Crippen LogP contribution in [-0.4, -0.2) is 67.3 Å². The molecular weight excluding hydrogens is 312 g/mol. The molecule has 2 unspecified atom stereocenters. The van der Waals surface area contributed by atoms with Gasteiger partial charge in [-0.25, -0.2) is 0 Å². The van der Waals surface area contributed by atoms with Crippen molar-refractivity contribution < 1.29 is 30.6 Å². The summed E-state index contributed by atoms with van der Waals surface area (Å²) in [4.78, 5) is 0. The lowest BCUT2D eigenvalue weighted by Gasteiger charge is -2.21. The van der Waals surface area contributed by atoms with Gasteiger partial charge in [-0.05, 0) is 47.0 Å². The third-order valence-corrected chi connectivity index (χ3v) is 3.30. The van der Waals surface area contributed by atoms with Crippen LogP contribution in [0.1, 0.15) is 53.4 Å². The lowest BCUT2D eigenvalue weighted by atomic mass is 9.95. The van der Waals surface area contributed by atoms with Crippen molar-refractivity contribution in [3.8, 4) is 0 Å². The molecule has 0 aromatic rings. The van der Waals surface area contributed by atoms with Crippen molar-refractivity contribution in [2.24, 2.45) is 0 Å². The highest BCUT2D eigenvalue weighted by Gasteiger charge is 2.18. The maximum Gasteiger partial charge on any atom is 0.100 e. The van der Waals surface area contributed by atoms with Crippen molar-refractivity contribution in [3.05, 3.63) is 24.3 Å². The van der Waals surface area contributed by atoms with E-state index in [1.807, 2.05) is 13.0 Å². The van der Waals surface area contributed by atoms with Crippen molar-refractivity contribution in [1.82, 2.24) is 0 Å². The second-order valence-corrected chi connectivity index (χ2v) is 7.04. The normalized spacial score (nSPS) is 16.2. The first-order chi connectivity index (χ1) is 10.9. The van der Waals surface area contributed by atoms with Crippen LogP contribution in [0.25, 0.3) is 0 Å². The Morgan fingerprint density at radius 1 is 1.04 bits per heavy atom. The van der Waals surface area contributed by atoms with Crippen LogP contribution in [0, 0.1) is 0 Å². The first-order valence-electron chi connectivity index (χ1n) is 8.18. The van der Waals surface area contributed by atoms with Crippen LogP contribution in [0.2, 0.25) is 0 Å². The molecule has 0 saturated heterocycles. The summed E-state index contributed by atoms with van der Waals surface area (Å²) in [6, 6.07) is 0. The van der Waals surface area contributed by atoms with Crippen LogP contribution in [0.15, 0.2) is 24.3 Å². The maximum atomic E-state index is 9.79. The number of aliphatic hydroxyl groups is 6. The predicted octanol–water partition coefficient (Wildman–Crippen LogP) is 0.894. The van der Waals surface area contributed by atoms with Gasteiger partial charge < -0.3 is 30.6 Å². The molecule has 0 aromatic carbocycles. The molecule has 0 heterocycles. The summed E-state index contributed by atoms with van der Waals surface area (Å²) in [5.41, 5.74) is -0.596. The Bertz CT molecular complexity index is 353. The van der Waals surface area contributed by atoms with E-state index < -0.39 is 23.4 Å². The van der Waals surface area contributed by atoms with Gasteiger partial charge in [-0.1, -0.05) is 17.7 Å². The minimum absolute atomic E-state index is 0.364. The fourth-order valence-corrected chi connectivity index (χ4v) is 1.87. The van der Waals surface area contributed by atoms with Gasteiger partial charge in [0.25, 0.3) is 0 Å². The van der Waals surface area contributed by atoms with Gasteiger partial charge >= 0.3 is 0 Å². The smallest absolute Gasteiger partial charge is 0.100 e. The second-order valence-electron chi connectivity index (χ2n) is 7.04. The Labute approximate surface area is 145 Å².